The normalized spacial score (nSPS) is 38.5. The lowest BCUT2D eigenvalue weighted by Gasteiger charge is -2.22. The highest BCUT2D eigenvalue weighted by molar-refractivity contribution is 5.05. The minimum atomic E-state index is -0.766. The SMILES string of the molecule is CC(C)[C@@H]1C[C@@H](C2(F)CC2)CN1C. The first-order valence-corrected chi connectivity index (χ1v) is 5.42. The Morgan fingerprint density at radius 2 is 2.00 bits per heavy atom. The van der Waals surface area contributed by atoms with Crippen LogP contribution in [0.1, 0.15) is 33.1 Å². The maximum Gasteiger partial charge on any atom is 0.115 e. The molecule has 13 heavy (non-hydrogen) atoms. The first kappa shape index (κ1) is 9.45. The molecule has 2 heteroatoms. The van der Waals surface area contributed by atoms with Crippen LogP contribution >= 0.6 is 0 Å². The van der Waals surface area contributed by atoms with Crippen molar-refractivity contribution in [2.75, 3.05) is 13.6 Å². The molecule has 1 heterocycles. The molecule has 1 aliphatic carbocycles. The average Bonchev–Trinajstić information content (AvgIpc) is 2.63. The van der Waals surface area contributed by atoms with E-state index in [1.807, 2.05) is 0 Å². The van der Waals surface area contributed by atoms with Crippen LogP contribution in [0.15, 0.2) is 0 Å². The summed E-state index contributed by atoms with van der Waals surface area (Å²) in [7, 11) is 2.14. The minimum Gasteiger partial charge on any atom is -0.303 e. The van der Waals surface area contributed by atoms with E-state index < -0.39 is 5.67 Å². The molecule has 2 aliphatic rings. The van der Waals surface area contributed by atoms with Crippen molar-refractivity contribution in [1.29, 1.82) is 0 Å². The van der Waals surface area contributed by atoms with Gasteiger partial charge in [-0.15, -0.1) is 0 Å². The molecule has 0 N–H and O–H groups in total. The van der Waals surface area contributed by atoms with Gasteiger partial charge in [0.15, 0.2) is 0 Å². The third kappa shape index (κ3) is 1.61. The maximum absolute atomic E-state index is 13.8. The molecule has 0 amide bonds. The smallest absolute Gasteiger partial charge is 0.115 e. The lowest BCUT2D eigenvalue weighted by molar-refractivity contribution is 0.203. The Balaban J connectivity index is 1.98. The fourth-order valence-corrected chi connectivity index (χ4v) is 2.71. The van der Waals surface area contributed by atoms with Gasteiger partial charge < -0.3 is 4.90 Å². The molecule has 0 aromatic carbocycles. The number of likely N-dealkylation sites (tertiary alicyclic amines) is 1. The lowest BCUT2D eigenvalue weighted by atomic mass is 9.93. The highest BCUT2D eigenvalue weighted by atomic mass is 19.1. The van der Waals surface area contributed by atoms with Gasteiger partial charge >= 0.3 is 0 Å². The van der Waals surface area contributed by atoms with Crippen molar-refractivity contribution >= 4 is 0 Å². The number of nitrogens with zero attached hydrogens (tertiary/aromatic N) is 1. The van der Waals surface area contributed by atoms with Crippen molar-refractivity contribution in [1.82, 2.24) is 4.90 Å². The van der Waals surface area contributed by atoms with Gasteiger partial charge in [-0.25, -0.2) is 4.39 Å². The van der Waals surface area contributed by atoms with Crippen LogP contribution in [0, 0.1) is 11.8 Å². The van der Waals surface area contributed by atoms with Gasteiger partial charge in [0.05, 0.1) is 0 Å². The zero-order valence-corrected chi connectivity index (χ0v) is 8.89. The molecular weight excluding hydrogens is 165 g/mol. The Morgan fingerprint density at radius 3 is 2.38 bits per heavy atom. The number of rotatable bonds is 2. The van der Waals surface area contributed by atoms with Crippen LogP contribution in [0.4, 0.5) is 4.39 Å². The lowest BCUT2D eigenvalue weighted by Crippen LogP contribution is -2.29. The van der Waals surface area contributed by atoms with E-state index in [4.69, 9.17) is 0 Å². The van der Waals surface area contributed by atoms with Gasteiger partial charge in [-0.2, -0.15) is 0 Å². The molecule has 76 valence electrons. The zero-order chi connectivity index (χ0) is 9.64. The Bertz CT molecular complexity index is 198. The topological polar surface area (TPSA) is 3.24 Å². The van der Waals surface area contributed by atoms with E-state index in [0.29, 0.717) is 17.9 Å². The van der Waals surface area contributed by atoms with E-state index in [1.54, 1.807) is 0 Å². The molecule has 1 saturated heterocycles. The molecule has 0 aromatic heterocycles. The summed E-state index contributed by atoms with van der Waals surface area (Å²) in [5.41, 5.74) is -0.766. The molecule has 0 radical (unpaired) electrons. The number of hydrogen-bond acceptors (Lipinski definition) is 1. The molecule has 1 aliphatic heterocycles. The first-order chi connectivity index (χ1) is 6.03. The molecule has 0 spiro atoms. The highest BCUT2D eigenvalue weighted by Crippen LogP contribution is 2.51. The maximum atomic E-state index is 13.8. The van der Waals surface area contributed by atoms with E-state index in [2.05, 4.69) is 25.8 Å². The second-order valence-electron chi connectivity index (χ2n) is 5.22. The number of halogens is 1. The second kappa shape index (κ2) is 2.94. The summed E-state index contributed by atoms with van der Waals surface area (Å²) < 4.78 is 13.8. The summed E-state index contributed by atoms with van der Waals surface area (Å²) >= 11 is 0. The molecule has 0 bridgehead atoms. The second-order valence-corrected chi connectivity index (χ2v) is 5.22. The summed E-state index contributed by atoms with van der Waals surface area (Å²) in [6, 6.07) is 0.609. The molecule has 0 unspecified atom stereocenters. The highest BCUT2D eigenvalue weighted by Gasteiger charge is 2.53. The monoisotopic (exact) mass is 185 g/mol. The van der Waals surface area contributed by atoms with Gasteiger partial charge in [0.25, 0.3) is 0 Å². The van der Waals surface area contributed by atoms with Crippen LogP contribution in [0.25, 0.3) is 0 Å². The number of hydrogen-bond donors (Lipinski definition) is 0. The van der Waals surface area contributed by atoms with Crippen LogP contribution in [0.2, 0.25) is 0 Å². The molecule has 0 aromatic rings. The summed E-state index contributed by atoms with van der Waals surface area (Å²) in [5.74, 6) is 0.988. The van der Waals surface area contributed by atoms with E-state index in [-0.39, 0.29) is 0 Å². The third-order valence-electron chi connectivity index (χ3n) is 3.83. The van der Waals surface area contributed by atoms with Crippen LogP contribution in [0.5, 0.6) is 0 Å². The van der Waals surface area contributed by atoms with Crippen molar-refractivity contribution in [3.8, 4) is 0 Å². The standard InChI is InChI=1S/C11H20FN/c1-8(2)10-6-9(7-13(10)3)11(12)4-5-11/h8-10H,4-7H2,1-3H3/t9-,10+/m1/s1. The summed E-state index contributed by atoms with van der Waals surface area (Å²) in [6.45, 7) is 5.45. The minimum absolute atomic E-state index is 0.324. The Labute approximate surface area is 80.3 Å². The Hall–Kier alpha value is -0.110. The van der Waals surface area contributed by atoms with E-state index in [0.717, 1.165) is 25.8 Å². The fraction of sp³-hybridized carbons (Fsp3) is 1.00. The van der Waals surface area contributed by atoms with Crippen molar-refractivity contribution < 1.29 is 4.39 Å². The van der Waals surface area contributed by atoms with Gasteiger partial charge in [0, 0.05) is 18.5 Å². The molecular formula is C11H20FN. The van der Waals surface area contributed by atoms with Gasteiger partial charge in [0.1, 0.15) is 5.67 Å². The predicted octanol–water partition coefficient (Wildman–Crippen LogP) is 2.46. The summed E-state index contributed by atoms with van der Waals surface area (Å²) in [5, 5.41) is 0. The number of alkyl halides is 1. The van der Waals surface area contributed by atoms with Crippen LogP contribution in [-0.2, 0) is 0 Å². The largest absolute Gasteiger partial charge is 0.303 e. The van der Waals surface area contributed by atoms with Gasteiger partial charge in [-0.3, -0.25) is 0 Å². The van der Waals surface area contributed by atoms with E-state index >= 15 is 0 Å². The Kier molecular flexibility index (Phi) is 2.14. The van der Waals surface area contributed by atoms with Crippen molar-refractivity contribution in [2.24, 2.45) is 11.8 Å². The van der Waals surface area contributed by atoms with Crippen LogP contribution in [-0.4, -0.2) is 30.2 Å². The molecule has 2 fully saturated rings. The van der Waals surface area contributed by atoms with Crippen molar-refractivity contribution in [3.63, 3.8) is 0 Å². The predicted molar refractivity (Wildman–Crippen MR) is 52.4 cm³/mol. The van der Waals surface area contributed by atoms with Crippen LogP contribution in [0.3, 0.4) is 0 Å². The van der Waals surface area contributed by atoms with E-state index in [9.17, 15) is 4.39 Å². The van der Waals surface area contributed by atoms with Gasteiger partial charge in [-0.05, 0) is 32.2 Å². The molecule has 1 nitrogen and oxygen atoms in total. The van der Waals surface area contributed by atoms with Gasteiger partial charge in [0.2, 0.25) is 0 Å². The molecule has 1 saturated carbocycles. The average molecular weight is 185 g/mol. The van der Waals surface area contributed by atoms with Gasteiger partial charge in [-0.1, -0.05) is 13.8 Å². The molecule has 2 atom stereocenters. The van der Waals surface area contributed by atoms with E-state index in [1.165, 1.54) is 0 Å². The molecule has 2 rings (SSSR count). The summed E-state index contributed by atoms with van der Waals surface area (Å²) in [6.07, 6.45) is 2.71. The van der Waals surface area contributed by atoms with Crippen molar-refractivity contribution in [3.05, 3.63) is 0 Å². The fourth-order valence-electron chi connectivity index (χ4n) is 2.71. The summed E-state index contributed by atoms with van der Waals surface area (Å²) in [4.78, 5) is 2.34. The Morgan fingerprint density at radius 1 is 1.38 bits per heavy atom. The van der Waals surface area contributed by atoms with Crippen LogP contribution < -0.4 is 0 Å². The van der Waals surface area contributed by atoms with Crippen molar-refractivity contribution in [2.45, 2.75) is 44.8 Å². The first-order valence-electron chi connectivity index (χ1n) is 5.42. The zero-order valence-electron chi connectivity index (χ0n) is 8.89. The quantitative estimate of drug-likeness (QED) is 0.639. The third-order valence-corrected chi connectivity index (χ3v) is 3.83.